The number of sulfonamides is 2. The molecule has 10 nitrogen and oxygen atoms in total. The highest BCUT2D eigenvalue weighted by atomic mass is 32.2. The van der Waals surface area contributed by atoms with Crippen molar-refractivity contribution in [3.63, 3.8) is 0 Å². The molecule has 0 saturated carbocycles. The number of rotatable bonds is 6. The zero-order chi connectivity index (χ0) is 14.7. The monoisotopic (exact) mass is 329 g/mol. The molecule has 4 N–H and O–H groups in total. The summed E-state index contributed by atoms with van der Waals surface area (Å²) in [5, 5.41) is 13.9. The highest BCUT2D eigenvalue weighted by molar-refractivity contribution is 7.91. The minimum absolute atomic E-state index is 0.0271. The third-order valence-electron chi connectivity index (χ3n) is 1.60. The zero-order valence-electron chi connectivity index (χ0n) is 9.65. The van der Waals surface area contributed by atoms with E-state index in [2.05, 4.69) is 15.5 Å². The first-order chi connectivity index (χ1) is 8.60. The summed E-state index contributed by atoms with van der Waals surface area (Å²) in [4.78, 5) is 10.7. The minimum Gasteiger partial charge on any atom is -0.301 e. The molecule has 1 heterocycles. The second kappa shape index (κ2) is 5.87. The van der Waals surface area contributed by atoms with E-state index < -0.39 is 31.7 Å². The second-order valence-electron chi connectivity index (χ2n) is 3.32. The maximum absolute atomic E-state index is 11.7. The SMILES string of the molecule is CC(=O)Nc1nnc(S(=O)(=O)NCCS(N)(=O)=O)s1. The molecule has 0 aromatic carbocycles. The van der Waals surface area contributed by atoms with E-state index >= 15 is 0 Å². The number of carbonyl (C=O) groups excluding carboxylic acids is 1. The second-order valence-corrected chi connectivity index (χ2v) is 7.97. The summed E-state index contributed by atoms with van der Waals surface area (Å²) in [6.07, 6.45) is 0. The Hall–Kier alpha value is -1.15. The zero-order valence-corrected chi connectivity index (χ0v) is 12.1. The number of aromatic nitrogens is 2. The molecule has 1 rings (SSSR count). The van der Waals surface area contributed by atoms with Crippen molar-refractivity contribution in [1.82, 2.24) is 14.9 Å². The molecule has 13 heteroatoms. The Kier molecular flexibility index (Phi) is 4.92. The first-order valence-electron chi connectivity index (χ1n) is 4.71. The molecule has 108 valence electrons. The van der Waals surface area contributed by atoms with Crippen LogP contribution in [0, 0.1) is 0 Å². The van der Waals surface area contributed by atoms with Gasteiger partial charge in [-0.2, -0.15) is 0 Å². The van der Waals surface area contributed by atoms with Crippen LogP contribution in [0.25, 0.3) is 0 Å². The van der Waals surface area contributed by atoms with Crippen LogP contribution in [0.1, 0.15) is 6.92 Å². The van der Waals surface area contributed by atoms with Gasteiger partial charge in [0.05, 0.1) is 5.75 Å². The summed E-state index contributed by atoms with van der Waals surface area (Å²) >= 11 is 0.641. The smallest absolute Gasteiger partial charge is 0.269 e. The van der Waals surface area contributed by atoms with Crippen LogP contribution in [-0.4, -0.2) is 45.2 Å². The molecule has 1 amide bonds. The van der Waals surface area contributed by atoms with Crippen LogP contribution in [0.4, 0.5) is 5.13 Å². The molecular formula is C6H11N5O5S3. The van der Waals surface area contributed by atoms with Crippen molar-refractivity contribution in [2.75, 3.05) is 17.6 Å². The van der Waals surface area contributed by atoms with E-state index in [1.54, 1.807) is 0 Å². The van der Waals surface area contributed by atoms with Gasteiger partial charge in [-0.25, -0.2) is 26.7 Å². The molecule has 0 radical (unpaired) electrons. The van der Waals surface area contributed by atoms with Gasteiger partial charge in [-0.15, -0.1) is 10.2 Å². The fraction of sp³-hybridized carbons (Fsp3) is 0.500. The topological polar surface area (TPSA) is 161 Å². The highest BCUT2D eigenvalue weighted by Crippen LogP contribution is 2.19. The predicted molar refractivity (Wildman–Crippen MR) is 67.4 cm³/mol. The maximum atomic E-state index is 11.7. The lowest BCUT2D eigenvalue weighted by Crippen LogP contribution is -2.31. The number of anilines is 1. The molecular weight excluding hydrogens is 318 g/mol. The van der Waals surface area contributed by atoms with Crippen LogP contribution in [-0.2, 0) is 24.8 Å². The predicted octanol–water partition coefficient (Wildman–Crippen LogP) is -1.94. The Balaban J connectivity index is 2.72. The van der Waals surface area contributed by atoms with Gasteiger partial charge >= 0.3 is 0 Å². The third kappa shape index (κ3) is 5.56. The Morgan fingerprint density at radius 3 is 2.47 bits per heavy atom. The van der Waals surface area contributed by atoms with Gasteiger partial charge in [0.25, 0.3) is 10.0 Å². The fourth-order valence-electron chi connectivity index (χ4n) is 0.899. The summed E-state index contributed by atoms with van der Waals surface area (Å²) in [5.74, 6) is -0.953. The average Bonchev–Trinajstić information content (AvgIpc) is 2.63. The maximum Gasteiger partial charge on any atom is 0.269 e. The van der Waals surface area contributed by atoms with Gasteiger partial charge in [-0.3, -0.25) is 4.79 Å². The Morgan fingerprint density at radius 2 is 1.95 bits per heavy atom. The number of carbonyl (C=O) groups is 1. The standard InChI is InChI=1S/C6H11N5O5S3/c1-4(12)9-5-10-11-6(17-5)19(15,16)8-2-3-18(7,13)14/h8H,2-3H2,1H3,(H2,7,13,14)(H,9,10,12). The number of primary sulfonamides is 1. The van der Waals surface area contributed by atoms with E-state index in [0.717, 1.165) is 0 Å². The van der Waals surface area contributed by atoms with Crippen LogP contribution >= 0.6 is 11.3 Å². The molecule has 0 aliphatic heterocycles. The lowest BCUT2D eigenvalue weighted by atomic mass is 10.7. The van der Waals surface area contributed by atoms with Crippen molar-refractivity contribution in [2.45, 2.75) is 11.3 Å². The molecule has 0 saturated heterocycles. The van der Waals surface area contributed by atoms with Gasteiger partial charge < -0.3 is 5.32 Å². The van der Waals surface area contributed by atoms with E-state index in [1.165, 1.54) is 6.92 Å². The molecule has 0 aliphatic carbocycles. The van der Waals surface area contributed by atoms with Crippen LogP contribution in [0.15, 0.2) is 4.34 Å². The Morgan fingerprint density at radius 1 is 1.32 bits per heavy atom. The van der Waals surface area contributed by atoms with E-state index in [-0.39, 0.29) is 16.0 Å². The van der Waals surface area contributed by atoms with Crippen LogP contribution in [0.2, 0.25) is 0 Å². The van der Waals surface area contributed by atoms with Crippen LogP contribution in [0.5, 0.6) is 0 Å². The molecule has 0 spiro atoms. The van der Waals surface area contributed by atoms with Gasteiger partial charge in [-0.1, -0.05) is 11.3 Å². The molecule has 1 aromatic heterocycles. The number of hydrogen-bond donors (Lipinski definition) is 3. The molecule has 1 aromatic rings. The molecule has 0 bridgehead atoms. The number of hydrogen-bond acceptors (Lipinski definition) is 8. The summed E-state index contributed by atoms with van der Waals surface area (Å²) in [6, 6.07) is 0. The van der Waals surface area contributed by atoms with Crippen LogP contribution < -0.4 is 15.2 Å². The lowest BCUT2D eigenvalue weighted by Gasteiger charge is -2.01. The van der Waals surface area contributed by atoms with Gasteiger partial charge in [0.1, 0.15) is 0 Å². The average molecular weight is 329 g/mol. The number of nitrogens with zero attached hydrogens (tertiary/aromatic N) is 2. The molecule has 0 atom stereocenters. The molecule has 0 fully saturated rings. The normalized spacial score (nSPS) is 12.3. The highest BCUT2D eigenvalue weighted by Gasteiger charge is 2.20. The van der Waals surface area contributed by atoms with Crippen molar-refractivity contribution in [3.8, 4) is 0 Å². The Labute approximate surface area is 113 Å². The lowest BCUT2D eigenvalue weighted by molar-refractivity contribution is -0.114. The molecule has 19 heavy (non-hydrogen) atoms. The van der Waals surface area contributed by atoms with Crippen molar-refractivity contribution >= 4 is 42.4 Å². The van der Waals surface area contributed by atoms with Gasteiger partial charge in [0, 0.05) is 13.5 Å². The molecule has 0 unspecified atom stereocenters. The molecule has 0 aliphatic rings. The van der Waals surface area contributed by atoms with E-state index in [1.807, 2.05) is 4.72 Å². The first kappa shape index (κ1) is 15.9. The number of nitrogens with one attached hydrogen (secondary N) is 2. The minimum atomic E-state index is -3.97. The van der Waals surface area contributed by atoms with E-state index in [0.29, 0.717) is 11.3 Å². The van der Waals surface area contributed by atoms with Crippen molar-refractivity contribution in [2.24, 2.45) is 5.14 Å². The summed E-state index contributed by atoms with van der Waals surface area (Å²) in [6.45, 7) is 0.857. The van der Waals surface area contributed by atoms with Crippen LogP contribution in [0.3, 0.4) is 0 Å². The van der Waals surface area contributed by atoms with Crippen molar-refractivity contribution in [1.29, 1.82) is 0 Å². The van der Waals surface area contributed by atoms with Gasteiger partial charge in [0.2, 0.25) is 25.4 Å². The number of nitrogens with two attached hydrogens (primary N) is 1. The summed E-state index contributed by atoms with van der Waals surface area (Å²) in [5.41, 5.74) is 0. The summed E-state index contributed by atoms with van der Waals surface area (Å²) in [7, 11) is -7.73. The quantitative estimate of drug-likeness (QED) is 0.511. The van der Waals surface area contributed by atoms with E-state index in [9.17, 15) is 21.6 Å². The summed E-state index contributed by atoms with van der Waals surface area (Å²) < 4.78 is 46.3. The van der Waals surface area contributed by atoms with Crippen molar-refractivity contribution in [3.05, 3.63) is 0 Å². The third-order valence-corrected chi connectivity index (χ3v) is 5.04. The van der Waals surface area contributed by atoms with Crippen molar-refractivity contribution < 1.29 is 21.6 Å². The van der Waals surface area contributed by atoms with E-state index in [4.69, 9.17) is 5.14 Å². The fourth-order valence-corrected chi connectivity index (χ4v) is 3.43. The Bertz CT molecular complexity index is 663. The van der Waals surface area contributed by atoms with Gasteiger partial charge in [0.15, 0.2) is 0 Å². The van der Waals surface area contributed by atoms with Gasteiger partial charge in [-0.05, 0) is 0 Å². The number of amides is 1. The largest absolute Gasteiger partial charge is 0.301 e. The first-order valence-corrected chi connectivity index (χ1v) is 8.73.